The Morgan fingerprint density at radius 3 is 2.93 bits per heavy atom. The lowest BCUT2D eigenvalue weighted by Gasteiger charge is -2.32. The molecule has 1 fully saturated rings. The van der Waals surface area contributed by atoms with Crippen molar-refractivity contribution in [1.82, 2.24) is 9.88 Å². The smallest absolute Gasteiger partial charge is 0.225 e. The van der Waals surface area contributed by atoms with E-state index in [0.717, 1.165) is 42.8 Å². The van der Waals surface area contributed by atoms with Crippen molar-refractivity contribution in [3.05, 3.63) is 41.4 Å². The highest BCUT2D eigenvalue weighted by Crippen LogP contribution is 2.24. The highest BCUT2D eigenvalue weighted by molar-refractivity contribution is 7.14. The topological polar surface area (TPSA) is 54.9 Å². The highest BCUT2D eigenvalue weighted by Gasteiger charge is 2.22. The van der Waals surface area contributed by atoms with Crippen LogP contribution in [0.1, 0.15) is 25.5 Å². The molecule has 1 aliphatic heterocycles. The van der Waals surface area contributed by atoms with Crippen LogP contribution >= 0.6 is 11.3 Å². The van der Waals surface area contributed by atoms with E-state index in [-0.39, 0.29) is 5.91 Å². The number of carbonyl (C=O) groups excluding carboxylic acids is 1. The number of para-hydroxylation sites is 1. The van der Waals surface area contributed by atoms with Crippen LogP contribution in [0, 0.1) is 5.92 Å². The van der Waals surface area contributed by atoms with Gasteiger partial charge in [-0.25, -0.2) is 4.98 Å². The van der Waals surface area contributed by atoms with Crippen LogP contribution < -0.4 is 9.64 Å². The van der Waals surface area contributed by atoms with E-state index in [1.54, 1.807) is 18.9 Å². The molecule has 28 heavy (non-hydrogen) atoms. The summed E-state index contributed by atoms with van der Waals surface area (Å²) in [4.78, 5) is 20.7. The summed E-state index contributed by atoms with van der Waals surface area (Å²) >= 11 is 1.52. The third-order valence-electron chi connectivity index (χ3n) is 4.89. The van der Waals surface area contributed by atoms with Crippen LogP contribution in [0.2, 0.25) is 0 Å². The second-order valence-corrected chi connectivity index (χ2v) is 7.99. The Morgan fingerprint density at radius 2 is 2.18 bits per heavy atom. The molecular formula is C21H29N3O3S. The van der Waals surface area contributed by atoms with Crippen molar-refractivity contribution >= 4 is 22.4 Å². The molecule has 1 aromatic carbocycles. The number of ether oxygens (including phenoxy) is 2. The van der Waals surface area contributed by atoms with Crippen molar-refractivity contribution < 1.29 is 14.3 Å². The number of hydrogen-bond acceptors (Lipinski definition) is 6. The zero-order chi connectivity index (χ0) is 19.8. The summed E-state index contributed by atoms with van der Waals surface area (Å²) in [6, 6.07) is 10.0. The van der Waals surface area contributed by atoms with Gasteiger partial charge in [0.2, 0.25) is 5.91 Å². The predicted octanol–water partition coefficient (Wildman–Crippen LogP) is 3.43. The van der Waals surface area contributed by atoms with Crippen molar-refractivity contribution in [3.63, 3.8) is 0 Å². The van der Waals surface area contributed by atoms with Gasteiger partial charge in [0, 0.05) is 38.4 Å². The molecule has 1 aromatic heterocycles. The average Bonchev–Trinajstić information content (AvgIpc) is 3.15. The van der Waals surface area contributed by atoms with Gasteiger partial charge in [-0.1, -0.05) is 18.2 Å². The van der Waals surface area contributed by atoms with E-state index in [9.17, 15) is 4.79 Å². The number of nitrogens with zero attached hydrogens (tertiary/aromatic N) is 3. The van der Waals surface area contributed by atoms with Crippen molar-refractivity contribution in [2.24, 2.45) is 5.92 Å². The second kappa shape index (κ2) is 10.5. The van der Waals surface area contributed by atoms with Gasteiger partial charge in [-0.15, -0.1) is 11.3 Å². The monoisotopic (exact) mass is 403 g/mol. The number of likely N-dealkylation sites (tertiary alicyclic amines) is 1. The summed E-state index contributed by atoms with van der Waals surface area (Å²) in [6.45, 7) is 6.25. The number of thiazole rings is 1. The van der Waals surface area contributed by atoms with Crippen LogP contribution in [0.25, 0.3) is 0 Å². The Balaban J connectivity index is 1.52. The van der Waals surface area contributed by atoms with Gasteiger partial charge >= 0.3 is 0 Å². The first-order valence-electron chi connectivity index (χ1n) is 9.77. The molecule has 1 aliphatic rings. The van der Waals surface area contributed by atoms with E-state index in [4.69, 9.17) is 14.5 Å². The first-order chi connectivity index (χ1) is 13.7. The summed E-state index contributed by atoms with van der Waals surface area (Å²) in [6.07, 6.45) is 2.37. The SMILES string of the molecule is COCCN(C(C)=O)c1nc(CN2CCCC(COc3ccccc3)C2)cs1. The van der Waals surface area contributed by atoms with E-state index >= 15 is 0 Å². The quantitative estimate of drug-likeness (QED) is 0.642. The van der Waals surface area contributed by atoms with Crippen LogP contribution in [-0.2, 0) is 16.1 Å². The molecule has 1 atom stereocenters. The fraction of sp³-hybridized carbons (Fsp3) is 0.524. The number of methoxy groups -OCH3 is 1. The first kappa shape index (κ1) is 20.8. The van der Waals surface area contributed by atoms with Crippen LogP contribution in [0.3, 0.4) is 0 Å². The normalized spacial score (nSPS) is 17.4. The van der Waals surface area contributed by atoms with Gasteiger partial charge in [-0.2, -0.15) is 0 Å². The lowest BCUT2D eigenvalue weighted by Crippen LogP contribution is -2.37. The molecule has 1 amide bonds. The number of hydrogen-bond donors (Lipinski definition) is 0. The third-order valence-corrected chi connectivity index (χ3v) is 5.80. The zero-order valence-corrected chi connectivity index (χ0v) is 17.5. The number of benzene rings is 1. The molecule has 0 spiro atoms. The van der Waals surface area contributed by atoms with Crippen molar-refractivity contribution in [2.45, 2.75) is 26.3 Å². The van der Waals surface area contributed by atoms with Gasteiger partial charge < -0.3 is 9.47 Å². The Morgan fingerprint density at radius 1 is 1.36 bits per heavy atom. The standard InChI is InChI=1S/C21H29N3O3S/c1-17(25)24(11-12-26-2)21-22-19(16-28-21)14-23-10-6-7-18(13-23)15-27-20-8-4-3-5-9-20/h3-5,8-9,16,18H,6-7,10-15H2,1-2H3. The average molecular weight is 404 g/mol. The molecule has 6 nitrogen and oxygen atoms in total. The maximum absolute atomic E-state index is 11.9. The Labute approximate surface area is 171 Å². The van der Waals surface area contributed by atoms with E-state index < -0.39 is 0 Å². The molecule has 0 radical (unpaired) electrons. The van der Waals surface area contributed by atoms with Gasteiger partial charge in [0.25, 0.3) is 0 Å². The van der Waals surface area contributed by atoms with Crippen LogP contribution in [-0.4, -0.2) is 55.7 Å². The minimum atomic E-state index is -0.00551. The summed E-state index contributed by atoms with van der Waals surface area (Å²) < 4.78 is 11.0. The fourth-order valence-electron chi connectivity index (χ4n) is 3.45. The van der Waals surface area contributed by atoms with Crippen molar-refractivity contribution in [1.29, 1.82) is 0 Å². The minimum Gasteiger partial charge on any atom is -0.493 e. The number of aromatic nitrogens is 1. The lowest BCUT2D eigenvalue weighted by atomic mass is 9.99. The molecule has 2 aromatic rings. The first-order valence-corrected chi connectivity index (χ1v) is 10.7. The number of piperidine rings is 1. The van der Waals surface area contributed by atoms with E-state index in [0.29, 0.717) is 19.1 Å². The van der Waals surface area contributed by atoms with Gasteiger partial charge in [-0.3, -0.25) is 14.6 Å². The molecule has 1 saturated heterocycles. The molecular weight excluding hydrogens is 374 g/mol. The highest BCUT2D eigenvalue weighted by atomic mass is 32.1. The maximum Gasteiger partial charge on any atom is 0.225 e. The molecule has 0 saturated carbocycles. The zero-order valence-electron chi connectivity index (χ0n) is 16.7. The predicted molar refractivity (Wildman–Crippen MR) is 112 cm³/mol. The van der Waals surface area contributed by atoms with Gasteiger partial charge in [0.1, 0.15) is 5.75 Å². The molecule has 3 rings (SSSR count). The summed E-state index contributed by atoms with van der Waals surface area (Å²) in [5.74, 6) is 1.46. The number of anilines is 1. The Bertz CT molecular complexity index is 738. The van der Waals surface area contributed by atoms with Crippen LogP contribution in [0.4, 0.5) is 5.13 Å². The van der Waals surface area contributed by atoms with Crippen molar-refractivity contribution in [3.8, 4) is 5.75 Å². The Hall–Kier alpha value is -1.96. The molecule has 2 heterocycles. The third kappa shape index (κ3) is 6.02. The molecule has 1 unspecified atom stereocenters. The van der Waals surface area contributed by atoms with Crippen molar-refractivity contribution in [2.75, 3.05) is 44.9 Å². The maximum atomic E-state index is 11.9. The molecule has 0 aliphatic carbocycles. The largest absolute Gasteiger partial charge is 0.493 e. The number of amides is 1. The van der Waals surface area contributed by atoms with Gasteiger partial charge in [-0.05, 0) is 31.5 Å². The molecule has 0 N–H and O–H groups in total. The van der Waals surface area contributed by atoms with Crippen LogP contribution in [0.5, 0.6) is 5.75 Å². The molecule has 7 heteroatoms. The number of carbonyl (C=O) groups is 1. The van der Waals surface area contributed by atoms with E-state index in [1.165, 1.54) is 24.2 Å². The van der Waals surface area contributed by atoms with E-state index in [1.807, 2.05) is 30.3 Å². The Kier molecular flexibility index (Phi) is 7.82. The summed E-state index contributed by atoms with van der Waals surface area (Å²) in [7, 11) is 1.64. The van der Waals surface area contributed by atoms with Crippen LogP contribution in [0.15, 0.2) is 35.7 Å². The molecule has 152 valence electrons. The van der Waals surface area contributed by atoms with E-state index in [2.05, 4.69) is 10.3 Å². The minimum absolute atomic E-state index is 0.00551. The summed E-state index contributed by atoms with van der Waals surface area (Å²) in [5.41, 5.74) is 1.02. The fourth-order valence-corrected chi connectivity index (χ4v) is 4.34. The number of rotatable bonds is 9. The van der Waals surface area contributed by atoms with Gasteiger partial charge in [0.15, 0.2) is 5.13 Å². The summed E-state index contributed by atoms with van der Waals surface area (Å²) in [5, 5.41) is 2.81. The molecule has 0 bridgehead atoms. The van der Waals surface area contributed by atoms with Gasteiger partial charge in [0.05, 0.1) is 25.5 Å². The lowest BCUT2D eigenvalue weighted by molar-refractivity contribution is -0.116. The second-order valence-electron chi connectivity index (χ2n) is 7.15.